The van der Waals surface area contributed by atoms with Gasteiger partial charge in [0.15, 0.2) is 0 Å². The Morgan fingerprint density at radius 3 is 2.15 bits per heavy atom. The summed E-state index contributed by atoms with van der Waals surface area (Å²) in [5.41, 5.74) is 16.2. The lowest BCUT2D eigenvalue weighted by molar-refractivity contribution is -0.142. The van der Waals surface area contributed by atoms with E-state index in [9.17, 15) is 19.2 Å². The van der Waals surface area contributed by atoms with E-state index in [1.807, 2.05) is 6.26 Å². The van der Waals surface area contributed by atoms with Crippen LogP contribution in [0.4, 0.5) is 0 Å². The maximum Gasteiger partial charge on any atom is 0.326 e. The number of primary amides is 1. The van der Waals surface area contributed by atoms with Gasteiger partial charge in [0.2, 0.25) is 17.7 Å². The summed E-state index contributed by atoms with van der Waals surface area (Å²) in [5, 5.41) is 13.9. The number of carboxylic acid groups (broad SMARTS) is 1. The number of carbonyl (C=O) groups is 4. The Morgan fingerprint density at radius 2 is 1.65 bits per heavy atom. The molecule has 11 heteroatoms. The quantitative estimate of drug-likeness (QED) is 0.185. The number of nitrogens with one attached hydrogen (secondary N) is 2. The highest BCUT2D eigenvalue weighted by Crippen LogP contribution is 2.04. The van der Waals surface area contributed by atoms with Crippen molar-refractivity contribution in [2.24, 2.45) is 17.2 Å². The van der Waals surface area contributed by atoms with Crippen LogP contribution in [-0.4, -0.2) is 65.5 Å². The largest absolute Gasteiger partial charge is 0.480 e. The number of amides is 3. The van der Waals surface area contributed by atoms with Gasteiger partial charge in [-0.05, 0) is 37.8 Å². The number of carboxylic acids is 1. The Hall–Kier alpha value is -1.85. The van der Waals surface area contributed by atoms with Gasteiger partial charge in [-0.1, -0.05) is 6.42 Å². The molecule has 10 nitrogen and oxygen atoms in total. The van der Waals surface area contributed by atoms with Crippen LogP contribution in [0.3, 0.4) is 0 Å². The van der Waals surface area contributed by atoms with E-state index < -0.39 is 48.2 Å². The first kappa shape index (κ1) is 24.1. The number of rotatable bonds is 14. The minimum Gasteiger partial charge on any atom is -0.480 e. The number of hydrogen-bond donors (Lipinski definition) is 6. The van der Waals surface area contributed by atoms with Crippen molar-refractivity contribution < 1.29 is 24.3 Å². The van der Waals surface area contributed by atoms with E-state index in [1.54, 1.807) is 0 Å². The second-order valence-corrected chi connectivity index (χ2v) is 6.79. The van der Waals surface area contributed by atoms with Crippen molar-refractivity contribution in [3.63, 3.8) is 0 Å². The van der Waals surface area contributed by atoms with Gasteiger partial charge in [-0.15, -0.1) is 0 Å². The molecule has 9 N–H and O–H groups in total. The first-order valence-electron chi connectivity index (χ1n) is 8.29. The molecular weight excluding hydrogens is 362 g/mol. The first-order chi connectivity index (χ1) is 12.2. The van der Waals surface area contributed by atoms with Gasteiger partial charge in [0.05, 0.1) is 12.5 Å². The molecule has 0 heterocycles. The molecule has 0 radical (unpaired) electrons. The first-order valence-corrected chi connectivity index (χ1v) is 9.68. The maximum atomic E-state index is 12.3. The summed E-state index contributed by atoms with van der Waals surface area (Å²) in [5.74, 6) is -2.89. The number of aliphatic carboxylic acids is 1. The van der Waals surface area contributed by atoms with Crippen LogP contribution in [0.25, 0.3) is 0 Å². The molecule has 3 atom stereocenters. The Bertz CT molecular complexity index is 491. The zero-order valence-corrected chi connectivity index (χ0v) is 15.7. The Morgan fingerprint density at radius 1 is 1.04 bits per heavy atom. The van der Waals surface area contributed by atoms with Crippen molar-refractivity contribution in [2.45, 2.75) is 50.2 Å². The fourth-order valence-corrected chi connectivity index (χ4v) is 2.57. The highest BCUT2D eigenvalue weighted by Gasteiger charge is 2.28. The van der Waals surface area contributed by atoms with Gasteiger partial charge >= 0.3 is 5.97 Å². The van der Waals surface area contributed by atoms with Crippen molar-refractivity contribution in [1.82, 2.24) is 10.6 Å². The number of carbonyl (C=O) groups excluding carboxylic acids is 3. The normalized spacial score (nSPS) is 14.1. The molecule has 0 saturated heterocycles. The summed E-state index contributed by atoms with van der Waals surface area (Å²) >= 11 is 1.43. The molecule has 0 aromatic heterocycles. The zero-order chi connectivity index (χ0) is 20.1. The van der Waals surface area contributed by atoms with Crippen LogP contribution in [-0.2, 0) is 19.2 Å². The molecule has 0 unspecified atom stereocenters. The second kappa shape index (κ2) is 13.4. The van der Waals surface area contributed by atoms with Crippen LogP contribution in [0, 0.1) is 0 Å². The smallest absolute Gasteiger partial charge is 0.326 e. The van der Waals surface area contributed by atoms with E-state index in [-0.39, 0.29) is 6.42 Å². The molecule has 0 aliphatic rings. The predicted octanol–water partition coefficient (Wildman–Crippen LogP) is -1.87. The number of nitrogens with two attached hydrogens (primary N) is 3. The number of unbranched alkanes of at least 4 members (excludes halogenated alkanes) is 1. The summed E-state index contributed by atoms with van der Waals surface area (Å²) in [4.78, 5) is 46.8. The maximum absolute atomic E-state index is 12.3. The van der Waals surface area contributed by atoms with E-state index in [0.29, 0.717) is 31.6 Å². The third-order valence-electron chi connectivity index (χ3n) is 3.57. The molecular formula is C15H29N5O5S. The summed E-state index contributed by atoms with van der Waals surface area (Å²) in [6, 6.07) is -3.27. The van der Waals surface area contributed by atoms with Gasteiger partial charge in [0.25, 0.3) is 0 Å². The lowest BCUT2D eigenvalue weighted by Crippen LogP contribution is -2.55. The van der Waals surface area contributed by atoms with E-state index in [1.165, 1.54) is 11.8 Å². The molecule has 0 rings (SSSR count). The van der Waals surface area contributed by atoms with Gasteiger partial charge in [0, 0.05) is 0 Å². The second-order valence-electron chi connectivity index (χ2n) is 5.80. The standard InChI is InChI=1S/C15H29N5O5S/c1-26-7-5-10(15(24)25)19-14(23)11(8-12(18)21)20-13(22)9(17)4-2-3-6-16/h9-11H,2-8,16-17H2,1H3,(H2,18,21)(H,19,23)(H,20,22)(H,24,25)/t9-,10-,11-/m0/s1. The van der Waals surface area contributed by atoms with E-state index in [2.05, 4.69) is 10.6 Å². The van der Waals surface area contributed by atoms with Crippen LogP contribution < -0.4 is 27.8 Å². The summed E-state index contributed by atoms with van der Waals surface area (Å²) < 4.78 is 0. The monoisotopic (exact) mass is 391 g/mol. The van der Waals surface area contributed by atoms with Crippen molar-refractivity contribution >= 4 is 35.5 Å². The van der Waals surface area contributed by atoms with E-state index in [4.69, 9.17) is 22.3 Å². The molecule has 0 fully saturated rings. The van der Waals surface area contributed by atoms with Crippen LogP contribution in [0.15, 0.2) is 0 Å². The molecule has 0 aromatic rings. The zero-order valence-electron chi connectivity index (χ0n) is 14.9. The van der Waals surface area contributed by atoms with Gasteiger partial charge in [0.1, 0.15) is 12.1 Å². The van der Waals surface area contributed by atoms with Crippen LogP contribution in [0.2, 0.25) is 0 Å². The molecule has 150 valence electrons. The molecule has 0 spiro atoms. The van der Waals surface area contributed by atoms with Crippen LogP contribution in [0.1, 0.15) is 32.1 Å². The lowest BCUT2D eigenvalue weighted by Gasteiger charge is -2.22. The van der Waals surface area contributed by atoms with Crippen LogP contribution in [0.5, 0.6) is 0 Å². The minimum absolute atomic E-state index is 0.206. The van der Waals surface area contributed by atoms with Crippen molar-refractivity contribution in [1.29, 1.82) is 0 Å². The van der Waals surface area contributed by atoms with E-state index in [0.717, 1.165) is 0 Å². The highest BCUT2D eigenvalue weighted by atomic mass is 32.2. The molecule has 0 aliphatic carbocycles. The van der Waals surface area contributed by atoms with Gasteiger partial charge in [-0.3, -0.25) is 14.4 Å². The Kier molecular flexibility index (Phi) is 12.4. The average Bonchev–Trinajstić information content (AvgIpc) is 2.57. The molecule has 0 saturated carbocycles. The third-order valence-corrected chi connectivity index (χ3v) is 4.21. The number of thioether (sulfide) groups is 1. The fraction of sp³-hybridized carbons (Fsp3) is 0.733. The molecule has 0 aromatic carbocycles. The van der Waals surface area contributed by atoms with Crippen LogP contribution >= 0.6 is 11.8 Å². The molecule has 3 amide bonds. The lowest BCUT2D eigenvalue weighted by atomic mass is 10.1. The Labute approximate surface area is 157 Å². The third kappa shape index (κ3) is 10.2. The van der Waals surface area contributed by atoms with Gasteiger partial charge < -0.3 is 32.9 Å². The number of hydrogen-bond acceptors (Lipinski definition) is 7. The van der Waals surface area contributed by atoms with Crippen molar-refractivity contribution in [2.75, 3.05) is 18.6 Å². The van der Waals surface area contributed by atoms with Gasteiger partial charge in [-0.2, -0.15) is 11.8 Å². The average molecular weight is 391 g/mol. The minimum atomic E-state index is -1.28. The molecule has 26 heavy (non-hydrogen) atoms. The van der Waals surface area contributed by atoms with Gasteiger partial charge in [-0.25, -0.2) is 4.79 Å². The Balaban J connectivity index is 4.89. The fourth-order valence-electron chi connectivity index (χ4n) is 2.09. The van der Waals surface area contributed by atoms with E-state index >= 15 is 0 Å². The molecule has 0 aliphatic heterocycles. The highest BCUT2D eigenvalue weighted by molar-refractivity contribution is 7.98. The summed E-state index contributed by atoms with van der Waals surface area (Å²) in [7, 11) is 0. The summed E-state index contributed by atoms with van der Waals surface area (Å²) in [6.45, 7) is 0.480. The van der Waals surface area contributed by atoms with Crippen molar-refractivity contribution in [3.8, 4) is 0 Å². The summed E-state index contributed by atoms with van der Waals surface area (Å²) in [6.07, 6.45) is 3.29. The van der Waals surface area contributed by atoms with Crippen molar-refractivity contribution in [3.05, 3.63) is 0 Å². The topological polar surface area (TPSA) is 191 Å². The predicted molar refractivity (Wildman–Crippen MR) is 99.2 cm³/mol. The SMILES string of the molecule is CSCC[C@H](NC(=O)[C@H](CC(N)=O)NC(=O)[C@@H](N)CCCCN)C(=O)O. The molecule has 0 bridgehead atoms.